The van der Waals surface area contributed by atoms with E-state index in [2.05, 4.69) is 15.0 Å². The predicted octanol–water partition coefficient (Wildman–Crippen LogP) is 2.20. The maximum Gasteiger partial charge on any atom is 0.174 e. The number of hydrogen-bond donors (Lipinski definition) is 2. The van der Waals surface area contributed by atoms with Crippen molar-refractivity contribution >= 4 is 23.6 Å². The standard InChI is InChI=1S/C6H5N3S2/c10-6-8-3-4(9-6)5-7-1-2-11-5/h1-3H,(H2,8,9,10). The second-order valence-corrected chi connectivity index (χ2v) is 3.30. The molecule has 0 radical (unpaired) electrons. The zero-order valence-corrected chi connectivity index (χ0v) is 7.13. The second-order valence-electron chi connectivity index (χ2n) is 1.99. The number of nitrogens with zero attached hydrogens (tertiary/aromatic N) is 1. The highest BCUT2D eigenvalue weighted by Crippen LogP contribution is 2.17. The van der Waals surface area contributed by atoms with Crippen LogP contribution >= 0.6 is 23.6 Å². The third-order valence-corrected chi connectivity index (χ3v) is 2.28. The molecule has 0 aliphatic rings. The van der Waals surface area contributed by atoms with Gasteiger partial charge in [0.1, 0.15) is 5.01 Å². The van der Waals surface area contributed by atoms with Gasteiger partial charge >= 0.3 is 0 Å². The Bertz CT molecular complexity index is 384. The third-order valence-electron chi connectivity index (χ3n) is 1.26. The van der Waals surface area contributed by atoms with Crippen molar-refractivity contribution in [3.8, 4) is 10.7 Å². The van der Waals surface area contributed by atoms with E-state index in [1.165, 1.54) is 0 Å². The Kier molecular flexibility index (Phi) is 1.59. The summed E-state index contributed by atoms with van der Waals surface area (Å²) >= 11 is 6.45. The van der Waals surface area contributed by atoms with Crippen LogP contribution in [0.1, 0.15) is 0 Å². The van der Waals surface area contributed by atoms with Gasteiger partial charge in [0.25, 0.3) is 0 Å². The highest BCUT2D eigenvalue weighted by Gasteiger charge is 1.99. The number of aromatic amines is 2. The summed E-state index contributed by atoms with van der Waals surface area (Å²) in [5.74, 6) is 0. The molecule has 0 aliphatic carbocycles. The molecule has 2 heterocycles. The van der Waals surface area contributed by atoms with Gasteiger partial charge in [-0.15, -0.1) is 11.3 Å². The van der Waals surface area contributed by atoms with Crippen molar-refractivity contribution < 1.29 is 0 Å². The fourth-order valence-corrected chi connectivity index (χ4v) is 1.58. The first-order valence-corrected chi connectivity index (χ1v) is 4.32. The quantitative estimate of drug-likeness (QED) is 0.666. The summed E-state index contributed by atoms with van der Waals surface area (Å²) in [4.78, 5) is 9.99. The molecule has 0 saturated heterocycles. The molecule has 0 saturated carbocycles. The normalized spacial score (nSPS) is 10.2. The molecule has 5 heteroatoms. The molecule has 2 aromatic heterocycles. The van der Waals surface area contributed by atoms with Crippen LogP contribution in [0.2, 0.25) is 0 Å². The smallest absolute Gasteiger partial charge is 0.174 e. The van der Waals surface area contributed by atoms with E-state index in [9.17, 15) is 0 Å². The number of H-pyrrole nitrogens is 2. The number of nitrogens with one attached hydrogen (secondary N) is 2. The van der Waals surface area contributed by atoms with Gasteiger partial charge in [-0.1, -0.05) is 0 Å². The molecule has 3 nitrogen and oxygen atoms in total. The molecule has 0 bridgehead atoms. The Balaban J connectivity index is 2.53. The molecule has 11 heavy (non-hydrogen) atoms. The van der Waals surface area contributed by atoms with Gasteiger partial charge in [-0.05, 0) is 12.2 Å². The fourth-order valence-electron chi connectivity index (χ4n) is 0.804. The summed E-state index contributed by atoms with van der Waals surface area (Å²) in [7, 11) is 0. The number of hydrogen-bond acceptors (Lipinski definition) is 3. The molecular weight excluding hydrogens is 178 g/mol. The maximum atomic E-state index is 4.87. The molecule has 0 atom stereocenters. The van der Waals surface area contributed by atoms with Crippen LogP contribution in [-0.4, -0.2) is 15.0 Å². The summed E-state index contributed by atoms with van der Waals surface area (Å²) in [6, 6.07) is 0. The van der Waals surface area contributed by atoms with Gasteiger partial charge in [0, 0.05) is 17.8 Å². The monoisotopic (exact) mass is 183 g/mol. The van der Waals surface area contributed by atoms with Gasteiger partial charge in [0.05, 0.1) is 5.69 Å². The topological polar surface area (TPSA) is 44.5 Å². The van der Waals surface area contributed by atoms with Crippen LogP contribution in [0.5, 0.6) is 0 Å². The Morgan fingerprint density at radius 3 is 3.00 bits per heavy atom. The Labute approximate surface area is 72.1 Å². The number of imidazole rings is 1. The van der Waals surface area contributed by atoms with Crippen LogP contribution in [0.3, 0.4) is 0 Å². The van der Waals surface area contributed by atoms with Gasteiger partial charge in [-0.25, -0.2) is 4.98 Å². The van der Waals surface area contributed by atoms with Crippen LogP contribution in [0.15, 0.2) is 17.8 Å². The minimum atomic E-state index is 0.634. The van der Waals surface area contributed by atoms with Crippen molar-refractivity contribution in [1.82, 2.24) is 15.0 Å². The SMILES string of the molecule is S=c1[nH]cc(-c2nccs2)[nH]1. The maximum absolute atomic E-state index is 4.87. The second kappa shape index (κ2) is 2.60. The minimum absolute atomic E-state index is 0.634. The number of thiazole rings is 1. The largest absolute Gasteiger partial charge is 0.337 e. The lowest BCUT2D eigenvalue weighted by Gasteiger charge is -1.84. The molecule has 0 amide bonds. The Morgan fingerprint density at radius 2 is 2.45 bits per heavy atom. The van der Waals surface area contributed by atoms with Gasteiger partial charge in [0.15, 0.2) is 4.77 Å². The van der Waals surface area contributed by atoms with Crippen molar-refractivity contribution in [2.45, 2.75) is 0 Å². The summed E-state index contributed by atoms with van der Waals surface area (Å²) < 4.78 is 0.634. The van der Waals surface area contributed by atoms with Crippen molar-refractivity contribution in [3.05, 3.63) is 22.5 Å². The van der Waals surface area contributed by atoms with Crippen LogP contribution in [0.25, 0.3) is 10.7 Å². The van der Waals surface area contributed by atoms with E-state index >= 15 is 0 Å². The van der Waals surface area contributed by atoms with E-state index in [0.717, 1.165) is 10.7 Å². The Morgan fingerprint density at radius 1 is 1.55 bits per heavy atom. The molecule has 2 aromatic rings. The molecular formula is C6H5N3S2. The van der Waals surface area contributed by atoms with Gasteiger partial charge < -0.3 is 9.97 Å². The third kappa shape index (κ3) is 1.24. The lowest BCUT2D eigenvalue weighted by atomic mass is 10.5. The summed E-state index contributed by atoms with van der Waals surface area (Å²) in [6.07, 6.45) is 3.59. The van der Waals surface area contributed by atoms with E-state index in [4.69, 9.17) is 12.2 Å². The highest BCUT2D eigenvalue weighted by molar-refractivity contribution is 7.71. The molecule has 0 aromatic carbocycles. The fraction of sp³-hybridized carbons (Fsp3) is 0. The van der Waals surface area contributed by atoms with E-state index in [1.807, 2.05) is 11.6 Å². The van der Waals surface area contributed by atoms with Crippen molar-refractivity contribution in [1.29, 1.82) is 0 Å². The zero-order chi connectivity index (χ0) is 7.68. The number of rotatable bonds is 1. The minimum Gasteiger partial charge on any atom is -0.337 e. The lowest BCUT2D eigenvalue weighted by Crippen LogP contribution is -1.71. The average molecular weight is 183 g/mol. The summed E-state index contributed by atoms with van der Waals surface area (Å²) in [5.41, 5.74) is 0.949. The van der Waals surface area contributed by atoms with E-state index in [1.54, 1.807) is 17.5 Å². The molecule has 0 spiro atoms. The van der Waals surface area contributed by atoms with Gasteiger partial charge in [0.2, 0.25) is 0 Å². The average Bonchev–Trinajstić information content (AvgIpc) is 2.55. The van der Waals surface area contributed by atoms with Gasteiger partial charge in [-0.3, -0.25) is 0 Å². The molecule has 0 aliphatic heterocycles. The first kappa shape index (κ1) is 6.75. The Hall–Kier alpha value is -0.940. The van der Waals surface area contributed by atoms with Crippen molar-refractivity contribution in [3.63, 3.8) is 0 Å². The highest BCUT2D eigenvalue weighted by atomic mass is 32.1. The van der Waals surface area contributed by atoms with Crippen LogP contribution in [-0.2, 0) is 0 Å². The number of aromatic nitrogens is 3. The molecule has 0 unspecified atom stereocenters. The zero-order valence-electron chi connectivity index (χ0n) is 5.50. The van der Waals surface area contributed by atoms with E-state index in [-0.39, 0.29) is 0 Å². The van der Waals surface area contributed by atoms with Crippen molar-refractivity contribution in [2.75, 3.05) is 0 Å². The van der Waals surface area contributed by atoms with Crippen molar-refractivity contribution in [2.24, 2.45) is 0 Å². The molecule has 2 N–H and O–H groups in total. The summed E-state index contributed by atoms with van der Waals surface area (Å²) in [5, 5.41) is 2.89. The van der Waals surface area contributed by atoms with Crippen LogP contribution in [0.4, 0.5) is 0 Å². The lowest BCUT2D eigenvalue weighted by molar-refractivity contribution is 1.26. The molecule has 2 rings (SSSR count). The predicted molar refractivity (Wildman–Crippen MR) is 47.1 cm³/mol. The molecule has 56 valence electrons. The summed E-state index contributed by atoms with van der Waals surface area (Å²) in [6.45, 7) is 0. The molecule has 0 fully saturated rings. The first-order valence-electron chi connectivity index (χ1n) is 3.04. The first-order chi connectivity index (χ1) is 5.36. The van der Waals surface area contributed by atoms with Gasteiger partial charge in [-0.2, -0.15) is 0 Å². The van der Waals surface area contributed by atoms with Crippen LogP contribution in [0, 0.1) is 4.77 Å². The van der Waals surface area contributed by atoms with E-state index < -0.39 is 0 Å². The van der Waals surface area contributed by atoms with E-state index in [0.29, 0.717) is 4.77 Å². The van der Waals surface area contributed by atoms with Crippen LogP contribution < -0.4 is 0 Å².